The van der Waals surface area contributed by atoms with Gasteiger partial charge in [0.25, 0.3) is 0 Å². The van der Waals surface area contributed by atoms with E-state index in [1.54, 1.807) is 0 Å². The molecule has 1 aliphatic rings. The van der Waals surface area contributed by atoms with Gasteiger partial charge in [0.05, 0.1) is 32.0 Å². The molecule has 1 heterocycles. The highest BCUT2D eigenvalue weighted by Gasteiger charge is 2.45. The SMILES string of the molecule is CC[C@H]1OC(c2cc(CO)c3ccccc3c2)[C@H](OCc2ccccc2)[C@@H](OCc2ccccc2)[C@@H]1C. The third-order valence-electron chi connectivity index (χ3n) is 7.49. The fourth-order valence-electron chi connectivity index (χ4n) is 5.48. The van der Waals surface area contributed by atoms with Crippen molar-refractivity contribution in [1.29, 1.82) is 0 Å². The maximum Gasteiger partial charge on any atom is 0.115 e. The number of benzene rings is 4. The Labute approximate surface area is 219 Å². The first-order valence-electron chi connectivity index (χ1n) is 13.3. The van der Waals surface area contributed by atoms with Crippen molar-refractivity contribution in [3.8, 4) is 0 Å². The van der Waals surface area contributed by atoms with E-state index in [2.05, 4.69) is 62.4 Å². The molecular weight excluding hydrogens is 460 g/mol. The van der Waals surface area contributed by atoms with E-state index in [-0.39, 0.29) is 36.9 Å². The van der Waals surface area contributed by atoms with Crippen LogP contribution in [0.25, 0.3) is 10.8 Å². The number of ether oxygens (including phenoxy) is 3. The Bertz CT molecular complexity index is 1270. The molecule has 1 unspecified atom stereocenters. The molecule has 1 fully saturated rings. The summed E-state index contributed by atoms with van der Waals surface area (Å²) >= 11 is 0. The summed E-state index contributed by atoms with van der Waals surface area (Å²) in [4.78, 5) is 0. The number of rotatable bonds is 9. The molecule has 0 aromatic heterocycles. The van der Waals surface area contributed by atoms with Gasteiger partial charge in [-0.25, -0.2) is 0 Å². The van der Waals surface area contributed by atoms with Crippen molar-refractivity contribution in [2.24, 2.45) is 5.92 Å². The van der Waals surface area contributed by atoms with E-state index in [1.165, 1.54) is 0 Å². The number of aliphatic hydroxyl groups is 1. The first-order chi connectivity index (χ1) is 18.2. The minimum atomic E-state index is -0.319. The molecule has 4 heteroatoms. The summed E-state index contributed by atoms with van der Waals surface area (Å²) in [5, 5.41) is 12.3. The molecule has 192 valence electrons. The van der Waals surface area contributed by atoms with E-state index in [0.717, 1.165) is 39.4 Å². The van der Waals surface area contributed by atoms with Gasteiger partial charge in [0.15, 0.2) is 0 Å². The summed E-state index contributed by atoms with van der Waals surface area (Å²) < 4.78 is 20.1. The average Bonchev–Trinajstić information content (AvgIpc) is 2.96. The molecule has 0 spiro atoms. The van der Waals surface area contributed by atoms with Gasteiger partial charge in [-0.3, -0.25) is 0 Å². The van der Waals surface area contributed by atoms with Crippen LogP contribution < -0.4 is 0 Å². The van der Waals surface area contributed by atoms with Crippen LogP contribution >= 0.6 is 0 Å². The van der Waals surface area contributed by atoms with Crippen molar-refractivity contribution >= 4 is 10.8 Å². The first kappa shape index (κ1) is 25.6. The zero-order valence-corrected chi connectivity index (χ0v) is 21.6. The van der Waals surface area contributed by atoms with Gasteiger partial charge in [-0.05, 0) is 45.5 Å². The number of hydrogen-bond donors (Lipinski definition) is 1. The maximum absolute atomic E-state index is 10.2. The summed E-state index contributed by atoms with van der Waals surface area (Å²) in [6, 6.07) is 32.9. The molecule has 0 radical (unpaired) electrons. The molecule has 0 aliphatic carbocycles. The van der Waals surface area contributed by atoms with E-state index in [4.69, 9.17) is 14.2 Å². The zero-order valence-electron chi connectivity index (χ0n) is 21.6. The van der Waals surface area contributed by atoms with Gasteiger partial charge in [0, 0.05) is 5.92 Å². The quantitative estimate of drug-likeness (QED) is 0.271. The molecule has 0 amide bonds. The van der Waals surface area contributed by atoms with Gasteiger partial charge in [0.1, 0.15) is 12.2 Å². The van der Waals surface area contributed by atoms with Crippen LogP contribution in [-0.2, 0) is 34.0 Å². The predicted octanol–water partition coefficient (Wildman–Crippen LogP) is 6.99. The lowest BCUT2D eigenvalue weighted by molar-refractivity contribution is -0.234. The number of hydrogen-bond acceptors (Lipinski definition) is 4. The first-order valence-corrected chi connectivity index (χ1v) is 13.3. The van der Waals surface area contributed by atoms with Crippen LogP contribution in [0.4, 0.5) is 0 Å². The van der Waals surface area contributed by atoms with Crippen molar-refractivity contribution in [2.75, 3.05) is 0 Å². The molecule has 0 bridgehead atoms. The van der Waals surface area contributed by atoms with E-state index in [0.29, 0.717) is 13.2 Å². The van der Waals surface area contributed by atoms with Gasteiger partial charge >= 0.3 is 0 Å². The molecule has 5 atom stereocenters. The fourth-order valence-corrected chi connectivity index (χ4v) is 5.48. The van der Waals surface area contributed by atoms with Crippen molar-refractivity contribution in [3.05, 3.63) is 119 Å². The Hall–Kier alpha value is -3.02. The highest BCUT2D eigenvalue weighted by molar-refractivity contribution is 5.86. The molecular formula is C33H36O4. The summed E-state index contributed by atoms with van der Waals surface area (Å²) in [5.74, 6) is 0.156. The zero-order chi connectivity index (χ0) is 25.6. The molecule has 0 saturated carbocycles. The van der Waals surface area contributed by atoms with Gasteiger partial charge < -0.3 is 19.3 Å². The van der Waals surface area contributed by atoms with Crippen molar-refractivity contribution in [2.45, 2.75) is 64.5 Å². The minimum absolute atomic E-state index is 0.0296. The molecule has 4 aromatic rings. The predicted molar refractivity (Wildman–Crippen MR) is 147 cm³/mol. The van der Waals surface area contributed by atoms with Crippen molar-refractivity contribution < 1.29 is 19.3 Å². The topological polar surface area (TPSA) is 47.9 Å². The van der Waals surface area contributed by atoms with Crippen molar-refractivity contribution in [1.82, 2.24) is 0 Å². The van der Waals surface area contributed by atoms with Crippen molar-refractivity contribution in [3.63, 3.8) is 0 Å². The second-order valence-electron chi connectivity index (χ2n) is 9.94. The third-order valence-corrected chi connectivity index (χ3v) is 7.49. The minimum Gasteiger partial charge on any atom is -0.392 e. The van der Waals surface area contributed by atoms with Gasteiger partial charge in [-0.2, -0.15) is 0 Å². The van der Waals surface area contributed by atoms with Crippen LogP contribution in [0.3, 0.4) is 0 Å². The molecule has 1 N–H and O–H groups in total. The second-order valence-corrected chi connectivity index (χ2v) is 9.94. The number of fused-ring (bicyclic) bond motifs is 1. The molecule has 1 saturated heterocycles. The smallest absolute Gasteiger partial charge is 0.115 e. The van der Waals surface area contributed by atoms with Crippen LogP contribution in [0.2, 0.25) is 0 Å². The average molecular weight is 497 g/mol. The Balaban J connectivity index is 1.52. The van der Waals surface area contributed by atoms with Gasteiger partial charge in [-0.1, -0.05) is 105 Å². The third kappa shape index (κ3) is 5.78. The molecule has 4 nitrogen and oxygen atoms in total. The molecule has 1 aliphatic heterocycles. The number of aliphatic hydroxyl groups excluding tert-OH is 1. The fraction of sp³-hybridized carbons (Fsp3) is 0.333. The molecule has 4 aromatic carbocycles. The van der Waals surface area contributed by atoms with E-state index < -0.39 is 0 Å². The van der Waals surface area contributed by atoms with Crippen LogP contribution in [0.5, 0.6) is 0 Å². The highest BCUT2D eigenvalue weighted by atomic mass is 16.6. The Morgan fingerprint density at radius 3 is 1.97 bits per heavy atom. The normalized spacial score (nSPS) is 23.8. The van der Waals surface area contributed by atoms with Gasteiger partial charge in [-0.15, -0.1) is 0 Å². The summed E-state index contributed by atoms with van der Waals surface area (Å²) in [6.45, 7) is 5.33. The summed E-state index contributed by atoms with van der Waals surface area (Å²) in [6.07, 6.45) is 0.132. The Morgan fingerprint density at radius 2 is 1.35 bits per heavy atom. The Morgan fingerprint density at radius 1 is 0.757 bits per heavy atom. The molecule has 37 heavy (non-hydrogen) atoms. The largest absolute Gasteiger partial charge is 0.392 e. The van der Waals surface area contributed by atoms with E-state index >= 15 is 0 Å². The summed E-state index contributed by atoms with van der Waals surface area (Å²) in [5.41, 5.74) is 4.16. The van der Waals surface area contributed by atoms with Crippen LogP contribution in [0.1, 0.15) is 48.6 Å². The monoisotopic (exact) mass is 496 g/mol. The van der Waals surface area contributed by atoms with Crippen LogP contribution in [0, 0.1) is 5.92 Å². The van der Waals surface area contributed by atoms with E-state index in [1.807, 2.05) is 48.5 Å². The van der Waals surface area contributed by atoms with Crippen LogP contribution in [0.15, 0.2) is 97.1 Å². The van der Waals surface area contributed by atoms with Crippen LogP contribution in [-0.4, -0.2) is 23.4 Å². The standard InChI is InChI=1S/C33H36O4/c1-3-30-23(2)31(35-21-24-12-6-4-7-13-24)33(36-22-25-14-8-5-9-15-25)32(37-30)27-18-26-16-10-11-17-29(26)28(19-27)20-34/h4-19,23,30-34H,3,20-22H2,1-2H3/t23-,30-,31+,32?,33-/m1/s1. The lowest BCUT2D eigenvalue weighted by Crippen LogP contribution is -2.51. The summed E-state index contributed by atoms with van der Waals surface area (Å²) in [7, 11) is 0. The van der Waals surface area contributed by atoms with Gasteiger partial charge in [0.2, 0.25) is 0 Å². The van der Waals surface area contributed by atoms with E-state index in [9.17, 15) is 5.11 Å². The molecule has 5 rings (SSSR count). The lowest BCUT2D eigenvalue weighted by Gasteiger charge is -2.46. The Kier molecular flexibility index (Phi) is 8.32. The second kappa shape index (κ2) is 12.0. The maximum atomic E-state index is 10.2. The highest BCUT2D eigenvalue weighted by Crippen LogP contribution is 2.41. The lowest BCUT2D eigenvalue weighted by atomic mass is 9.83.